The van der Waals surface area contributed by atoms with Gasteiger partial charge in [0.25, 0.3) is 5.91 Å². The molecule has 1 unspecified atom stereocenters. The number of carbonyl (C=O) groups is 1. The molecule has 0 saturated carbocycles. The van der Waals surface area contributed by atoms with E-state index in [9.17, 15) is 9.90 Å². The zero-order valence-electron chi connectivity index (χ0n) is 12.9. The van der Waals surface area contributed by atoms with Gasteiger partial charge in [-0.1, -0.05) is 13.8 Å². The molecule has 5 heteroatoms. The number of hydrogen-bond acceptors (Lipinski definition) is 4. The van der Waals surface area contributed by atoms with Crippen LogP contribution in [0.1, 0.15) is 46.8 Å². The van der Waals surface area contributed by atoms with Crippen molar-refractivity contribution in [2.45, 2.75) is 45.6 Å². The number of amides is 1. The summed E-state index contributed by atoms with van der Waals surface area (Å²) in [5, 5.41) is 12.6. The van der Waals surface area contributed by atoms with Crippen molar-refractivity contribution in [1.82, 2.24) is 5.32 Å². The number of carbonyl (C=O) groups excluding carboxylic acids is 1. The predicted molar refractivity (Wildman–Crippen MR) is 85.0 cm³/mol. The summed E-state index contributed by atoms with van der Waals surface area (Å²) < 4.78 is 5.36. The van der Waals surface area contributed by atoms with Crippen LogP contribution in [0.4, 0.5) is 0 Å². The SMILES string of the molecule is CC(C)COCC(O)CNC(=O)c1cc2c(s1)CCCC2. The van der Waals surface area contributed by atoms with E-state index in [1.54, 1.807) is 11.3 Å². The molecular formula is C16H25NO3S. The first-order valence-corrected chi connectivity index (χ1v) is 8.53. The number of hydrogen-bond donors (Lipinski definition) is 2. The van der Waals surface area contributed by atoms with Crippen LogP contribution in [0.2, 0.25) is 0 Å². The van der Waals surface area contributed by atoms with Crippen LogP contribution in [0.25, 0.3) is 0 Å². The Bertz CT molecular complexity index is 447. The lowest BCUT2D eigenvalue weighted by Crippen LogP contribution is -2.34. The van der Waals surface area contributed by atoms with Crippen LogP contribution < -0.4 is 5.32 Å². The predicted octanol–water partition coefficient (Wildman–Crippen LogP) is 2.39. The Labute approximate surface area is 130 Å². The molecule has 1 amide bonds. The number of aliphatic hydroxyl groups excluding tert-OH is 1. The average molecular weight is 311 g/mol. The molecule has 0 aliphatic heterocycles. The summed E-state index contributed by atoms with van der Waals surface area (Å²) in [5.74, 6) is 0.363. The molecule has 0 spiro atoms. The number of thiophene rings is 1. The molecule has 1 heterocycles. The molecule has 0 bridgehead atoms. The second-order valence-corrected chi connectivity index (χ2v) is 7.20. The van der Waals surface area contributed by atoms with Crippen LogP contribution in [-0.4, -0.2) is 36.9 Å². The lowest BCUT2D eigenvalue weighted by molar-refractivity contribution is 0.0259. The van der Waals surface area contributed by atoms with E-state index >= 15 is 0 Å². The third-order valence-electron chi connectivity index (χ3n) is 3.48. The van der Waals surface area contributed by atoms with E-state index in [0.717, 1.165) is 17.7 Å². The third kappa shape index (κ3) is 5.09. The standard InChI is InChI=1S/C16H25NO3S/c1-11(2)9-20-10-13(18)8-17-16(19)15-7-12-5-3-4-6-14(12)21-15/h7,11,13,18H,3-6,8-10H2,1-2H3,(H,17,19). The maximum Gasteiger partial charge on any atom is 0.261 e. The van der Waals surface area contributed by atoms with Gasteiger partial charge in [-0.2, -0.15) is 0 Å². The Balaban J connectivity index is 1.75. The largest absolute Gasteiger partial charge is 0.389 e. The molecule has 0 saturated heterocycles. The molecule has 1 atom stereocenters. The summed E-state index contributed by atoms with van der Waals surface area (Å²) in [4.78, 5) is 14.2. The molecule has 0 fully saturated rings. The Kier molecular flexibility index (Phi) is 6.21. The highest BCUT2D eigenvalue weighted by Gasteiger charge is 2.17. The third-order valence-corrected chi connectivity index (χ3v) is 4.72. The van der Waals surface area contributed by atoms with Crippen molar-refractivity contribution in [1.29, 1.82) is 0 Å². The van der Waals surface area contributed by atoms with Gasteiger partial charge in [0, 0.05) is 18.0 Å². The Morgan fingerprint density at radius 1 is 1.38 bits per heavy atom. The van der Waals surface area contributed by atoms with E-state index in [4.69, 9.17) is 4.74 Å². The maximum absolute atomic E-state index is 12.1. The van der Waals surface area contributed by atoms with Crippen LogP contribution in [-0.2, 0) is 17.6 Å². The first-order valence-electron chi connectivity index (χ1n) is 7.72. The second kappa shape index (κ2) is 7.92. The van der Waals surface area contributed by atoms with Gasteiger partial charge in [0.15, 0.2) is 0 Å². The van der Waals surface area contributed by atoms with Crippen LogP contribution >= 0.6 is 11.3 Å². The molecule has 1 aromatic rings. The summed E-state index contributed by atoms with van der Waals surface area (Å²) in [6.45, 7) is 5.25. The molecule has 4 nitrogen and oxygen atoms in total. The van der Waals surface area contributed by atoms with E-state index in [2.05, 4.69) is 19.2 Å². The van der Waals surface area contributed by atoms with E-state index in [1.165, 1.54) is 23.3 Å². The molecule has 0 radical (unpaired) electrons. The minimum absolute atomic E-state index is 0.0858. The highest BCUT2D eigenvalue weighted by Crippen LogP contribution is 2.29. The minimum atomic E-state index is -0.651. The minimum Gasteiger partial charge on any atom is -0.389 e. The van der Waals surface area contributed by atoms with Crippen molar-refractivity contribution in [3.8, 4) is 0 Å². The summed E-state index contributed by atoms with van der Waals surface area (Å²) >= 11 is 1.59. The molecule has 0 aromatic carbocycles. The van der Waals surface area contributed by atoms with Crippen molar-refractivity contribution in [2.75, 3.05) is 19.8 Å². The zero-order chi connectivity index (χ0) is 15.2. The highest BCUT2D eigenvalue weighted by molar-refractivity contribution is 7.14. The molecular weight excluding hydrogens is 286 g/mol. The summed E-state index contributed by atoms with van der Waals surface area (Å²) in [5.41, 5.74) is 1.33. The number of aryl methyl sites for hydroxylation is 2. The van der Waals surface area contributed by atoms with Gasteiger partial charge >= 0.3 is 0 Å². The van der Waals surface area contributed by atoms with Crippen molar-refractivity contribution < 1.29 is 14.6 Å². The van der Waals surface area contributed by atoms with Gasteiger partial charge < -0.3 is 15.2 Å². The second-order valence-electron chi connectivity index (χ2n) is 6.06. The van der Waals surface area contributed by atoms with Gasteiger partial charge in [-0.15, -0.1) is 11.3 Å². The fourth-order valence-electron chi connectivity index (χ4n) is 2.40. The van der Waals surface area contributed by atoms with Gasteiger partial charge in [-0.05, 0) is 43.2 Å². The monoisotopic (exact) mass is 311 g/mol. The van der Waals surface area contributed by atoms with Gasteiger partial charge in [0.1, 0.15) is 0 Å². The molecule has 1 aromatic heterocycles. The first kappa shape index (κ1) is 16.5. The molecule has 21 heavy (non-hydrogen) atoms. The Hall–Kier alpha value is -0.910. The lowest BCUT2D eigenvalue weighted by Gasteiger charge is -2.13. The lowest BCUT2D eigenvalue weighted by atomic mass is 9.99. The van der Waals surface area contributed by atoms with Crippen LogP contribution in [0.5, 0.6) is 0 Å². The smallest absolute Gasteiger partial charge is 0.261 e. The van der Waals surface area contributed by atoms with Crippen molar-refractivity contribution in [3.63, 3.8) is 0 Å². The van der Waals surface area contributed by atoms with E-state index in [1.807, 2.05) is 6.07 Å². The van der Waals surface area contributed by atoms with Crippen LogP contribution in [0, 0.1) is 5.92 Å². The number of aliphatic hydroxyl groups is 1. The zero-order valence-corrected chi connectivity index (χ0v) is 13.7. The molecule has 1 aliphatic rings. The quantitative estimate of drug-likeness (QED) is 0.813. The molecule has 1 aliphatic carbocycles. The number of ether oxygens (including phenoxy) is 1. The first-order chi connectivity index (χ1) is 10.1. The highest BCUT2D eigenvalue weighted by atomic mass is 32.1. The van der Waals surface area contributed by atoms with Gasteiger partial charge in [0.05, 0.1) is 17.6 Å². The average Bonchev–Trinajstić information content (AvgIpc) is 2.88. The summed E-state index contributed by atoms with van der Waals surface area (Å²) in [6, 6.07) is 2.01. The fourth-order valence-corrected chi connectivity index (χ4v) is 3.57. The topological polar surface area (TPSA) is 58.6 Å². The number of nitrogens with one attached hydrogen (secondary N) is 1. The van der Waals surface area contributed by atoms with E-state index in [-0.39, 0.29) is 19.1 Å². The van der Waals surface area contributed by atoms with Gasteiger partial charge in [-0.25, -0.2) is 0 Å². The fraction of sp³-hybridized carbons (Fsp3) is 0.688. The van der Waals surface area contributed by atoms with Crippen LogP contribution in [0.3, 0.4) is 0 Å². The summed E-state index contributed by atoms with van der Waals surface area (Å²) in [6.07, 6.45) is 3.98. The number of fused-ring (bicyclic) bond motifs is 1. The van der Waals surface area contributed by atoms with Crippen LogP contribution in [0.15, 0.2) is 6.07 Å². The van der Waals surface area contributed by atoms with Crippen molar-refractivity contribution >= 4 is 17.2 Å². The van der Waals surface area contributed by atoms with E-state index < -0.39 is 6.10 Å². The summed E-state index contributed by atoms with van der Waals surface area (Å²) in [7, 11) is 0. The van der Waals surface area contributed by atoms with Crippen molar-refractivity contribution in [3.05, 3.63) is 21.4 Å². The number of rotatable bonds is 7. The molecule has 118 valence electrons. The Morgan fingerprint density at radius 3 is 2.86 bits per heavy atom. The molecule has 2 rings (SSSR count). The van der Waals surface area contributed by atoms with Gasteiger partial charge in [-0.3, -0.25) is 4.79 Å². The Morgan fingerprint density at radius 2 is 2.14 bits per heavy atom. The normalized spacial score (nSPS) is 15.8. The van der Waals surface area contributed by atoms with Gasteiger partial charge in [0.2, 0.25) is 0 Å². The van der Waals surface area contributed by atoms with Crippen molar-refractivity contribution in [2.24, 2.45) is 5.92 Å². The van der Waals surface area contributed by atoms with E-state index in [0.29, 0.717) is 12.5 Å². The maximum atomic E-state index is 12.1. The molecule has 2 N–H and O–H groups in total.